The van der Waals surface area contributed by atoms with Crippen LogP contribution in [0.1, 0.15) is 44.0 Å². The molecule has 142 valence electrons. The first-order valence-electron chi connectivity index (χ1n) is 8.76. The van der Waals surface area contributed by atoms with Crippen LogP contribution in [0.25, 0.3) is 0 Å². The zero-order valence-corrected chi connectivity index (χ0v) is 15.8. The molecule has 0 aliphatic carbocycles. The van der Waals surface area contributed by atoms with Crippen LogP contribution in [-0.2, 0) is 9.53 Å². The predicted molar refractivity (Wildman–Crippen MR) is 99.0 cm³/mol. The van der Waals surface area contributed by atoms with Gasteiger partial charge in [-0.2, -0.15) is 0 Å². The molecule has 2 N–H and O–H groups in total. The average molecular weight is 361 g/mol. The molecule has 1 saturated heterocycles. The number of amides is 3. The molecule has 1 aromatic rings. The quantitative estimate of drug-likeness (QED) is 0.810. The number of carbonyl (C=O) groups is 3. The molecule has 0 saturated carbocycles. The van der Waals surface area contributed by atoms with E-state index in [0.29, 0.717) is 24.3 Å². The number of carbonyl (C=O) groups excluding carboxylic acids is 3. The Kier molecular flexibility index (Phi) is 6.23. The van der Waals surface area contributed by atoms with E-state index in [9.17, 15) is 14.4 Å². The fourth-order valence-electron chi connectivity index (χ4n) is 2.90. The first-order valence-corrected chi connectivity index (χ1v) is 8.76. The van der Waals surface area contributed by atoms with Crippen molar-refractivity contribution in [2.24, 2.45) is 5.41 Å². The van der Waals surface area contributed by atoms with Crippen molar-refractivity contribution in [3.63, 3.8) is 0 Å². The third-order valence-corrected chi connectivity index (χ3v) is 4.30. The molecule has 2 rings (SSSR count). The smallest absolute Gasteiger partial charge is 0.337 e. The van der Waals surface area contributed by atoms with E-state index in [0.717, 1.165) is 12.8 Å². The summed E-state index contributed by atoms with van der Waals surface area (Å²) in [4.78, 5) is 37.9. The summed E-state index contributed by atoms with van der Waals surface area (Å²) in [6.45, 7) is 7.01. The Hall–Kier alpha value is -2.57. The summed E-state index contributed by atoms with van der Waals surface area (Å²) < 4.78 is 4.67. The Morgan fingerprint density at radius 2 is 1.81 bits per heavy atom. The molecule has 7 heteroatoms. The standard InChI is InChI=1S/C19H27N3O4/c1-19(2,3)17(24)22-10-8-14(9-11-22)20-18(25)21-15-7-5-6-13(12-15)16(23)26-4/h5-7,12,14H,8-11H2,1-4H3,(H2,20,21,25). The largest absolute Gasteiger partial charge is 0.465 e. The Morgan fingerprint density at radius 1 is 1.15 bits per heavy atom. The lowest BCUT2D eigenvalue weighted by atomic mass is 9.93. The third-order valence-electron chi connectivity index (χ3n) is 4.30. The number of methoxy groups -OCH3 is 1. The molecule has 0 radical (unpaired) electrons. The van der Waals surface area contributed by atoms with E-state index in [1.165, 1.54) is 7.11 Å². The lowest BCUT2D eigenvalue weighted by Crippen LogP contribution is -2.49. The maximum atomic E-state index is 12.3. The minimum absolute atomic E-state index is 0.0165. The van der Waals surface area contributed by atoms with Gasteiger partial charge >= 0.3 is 12.0 Å². The summed E-state index contributed by atoms with van der Waals surface area (Å²) in [5.41, 5.74) is 0.507. The van der Waals surface area contributed by atoms with Gasteiger partial charge in [-0.05, 0) is 31.0 Å². The highest BCUT2D eigenvalue weighted by Gasteiger charge is 2.30. The first-order chi connectivity index (χ1) is 12.2. The van der Waals surface area contributed by atoms with E-state index in [-0.39, 0.29) is 23.4 Å². The van der Waals surface area contributed by atoms with Crippen molar-refractivity contribution in [2.75, 3.05) is 25.5 Å². The van der Waals surface area contributed by atoms with Gasteiger partial charge in [0.05, 0.1) is 12.7 Å². The molecule has 0 bridgehead atoms. The van der Waals surface area contributed by atoms with Crippen molar-refractivity contribution in [2.45, 2.75) is 39.7 Å². The number of ether oxygens (including phenoxy) is 1. The first kappa shape index (κ1) is 19.8. The molecule has 0 spiro atoms. The predicted octanol–water partition coefficient (Wildman–Crippen LogP) is 2.63. The molecule has 1 heterocycles. The Balaban J connectivity index is 1.84. The van der Waals surface area contributed by atoms with Crippen LogP contribution in [0.2, 0.25) is 0 Å². The minimum atomic E-state index is -0.454. The number of nitrogens with one attached hydrogen (secondary N) is 2. The Bertz CT molecular complexity index is 674. The van der Waals surface area contributed by atoms with Crippen LogP contribution in [0.5, 0.6) is 0 Å². The topological polar surface area (TPSA) is 87.7 Å². The summed E-state index contributed by atoms with van der Waals surface area (Å²) in [6.07, 6.45) is 1.44. The number of rotatable bonds is 3. The SMILES string of the molecule is COC(=O)c1cccc(NC(=O)NC2CCN(C(=O)C(C)(C)C)CC2)c1. The molecule has 0 unspecified atom stereocenters. The van der Waals surface area contributed by atoms with Gasteiger partial charge in [0.25, 0.3) is 0 Å². The fourth-order valence-corrected chi connectivity index (χ4v) is 2.90. The molecule has 1 fully saturated rings. The van der Waals surface area contributed by atoms with Gasteiger partial charge in [-0.1, -0.05) is 26.8 Å². The van der Waals surface area contributed by atoms with Crippen LogP contribution in [0.15, 0.2) is 24.3 Å². The van der Waals surface area contributed by atoms with E-state index in [2.05, 4.69) is 15.4 Å². The normalized spacial score (nSPS) is 15.3. The van der Waals surface area contributed by atoms with Gasteiger partial charge in [-0.25, -0.2) is 9.59 Å². The molecule has 0 atom stereocenters. The second kappa shape index (κ2) is 8.21. The Morgan fingerprint density at radius 3 is 2.38 bits per heavy atom. The lowest BCUT2D eigenvalue weighted by molar-refractivity contribution is -0.140. The number of hydrogen-bond acceptors (Lipinski definition) is 4. The van der Waals surface area contributed by atoms with Gasteiger partial charge in [0.1, 0.15) is 0 Å². The van der Waals surface area contributed by atoms with Gasteiger partial charge in [0.15, 0.2) is 0 Å². The van der Waals surface area contributed by atoms with Crippen LogP contribution < -0.4 is 10.6 Å². The van der Waals surface area contributed by atoms with E-state index >= 15 is 0 Å². The molecule has 0 aromatic heterocycles. The van der Waals surface area contributed by atoms with Crippen LogP contribution in [0.4, 0.5) is 10.5 Å². The molecular formula is C19H27N3O4. The summed E-state index contributed by atoms with van der Waals surface area (Å²) >= 11 is 0. The zero-order valence-electron chi connectivity index (χ0n) is 15.8. The van der Waals surface area contributed by atoms with Crippen LogP contribution in [-0.4, -0.2) is 49.0 Å². The van der Waals surface area contributed by atoms with Crippen molar-refractivity contribution in [3.8, 4) is 0 Å². The minimum Gasteiger partial charge on any atom is -0.465 e. The monoisotopic (exact) mass is 361 g/mol. The van der Waals surface area contributed by atoms with Gasteiger partial charge in [0, 0.05) is 30.2 Å². The van der Waals surface area contributed by atoms with Crippen molar-refractivity contribution < 1.29 is 19.1 Å². The molecule has 7 nitrogen and oxygen atoms in total. The van der Waals surface area contributed by atoms with Crippen LogP contribution >= 0.6 is 0 Å². The number of benzene rings is 1. The summed E-state index contributed by atoms with van der Waals surface area (Å²) in [7, 11) is 1.31. The highest BCUT2D eigenvalue weighted by atomic mass is 16.5. The summed E-state index contributed by atoms with van der Waals surface area (Å²) in [6, 6.07) is 6.26. The van der Waals surface area contributed by atoms with Gasteiger partial charge in [0.2, 0.25) is 5.91 Å². The van der Waals surface area contributed by atoms with Crippen LogP contribution in [0, 0.1) is 5.41 Å². The number of piperidine rings is 1. The van der Waals surface area contributed by atoms with E-state index in [1.54, 1.807) is 24.3 Å². The average Bonchev–Trinajstić information content (AvgIpc) is 2.60. The van der Waals surface area contributed by atoms with Crippen LogP contribution in [0.3, 0.4) is 0 Å². The van der Waals surface area contributed by atoms with Gasteiger partial charge in [-0.3, -0.25) is 4.79 Å². The molecular weight excluding hydrogens is 334 g/mol. The highest BCUT2D eigenvalue weighted by molar-refractivity contribution is 5.94. The number of likely N-dealkylation sites (tertiary alicyclic amines) is 1. The van der Waals surface area contributed by atoms with Crippen molar-refractivity contribution in [1.82, 2.24) is 10.2 Å². The Labute approximate surface area is 154 Å². The van der Waals surface area contributed by atoms with Crippen molar-refractivity contribution in [3.05, 3.63) is 29.8 Å². The van der Waals surface area contributed by atoms with Gasteiger partial charge < -0.3 is 20.3 Å². The zero-order chi connectivity index (χ0) is 19.3. The molecule has 1 aliphatic rings. The highest BCUT2D eigenvalue weighted by Crippen LogP contribution is 2.21. The summed E-state index contributed by atoms with van der Waals surface area (Å²) in [5, 5.41) is 5.65. The number of nitrogens with zero attached hydrogens (tertiary/aromatic N) is 1. The van der Waals surface area contributed by atoms with Crippen molar-refractivity contribution >= 4 is 23.6 Å². The maximum Gasteiger partial charge on any atom is 0.337 e. The molecule has 3 amide bonds. The number of esters is 1. The van der Waals surface area contributed by atoms with Gasteiger partial charge in [-0.15, -0.1) is 0 Å². The third kappa shape index (κ3) is 5.21. The van der Waals surface area contributed by atoms with Crippen molar-refractivity contribution in [1.29, 1.82) is 0 Å². The fraction of sp³-hybridized carbons (Fsp3) is 0.526. The maximum absolute atomic E-state index is 12.3. The summed E-state index contributed by atoms with van der Waals surface area (Å²) in [5.74, 6) is -0.315. The second-order valence-corrected chi connectivity index (χ2v) is 7.49. The molecule has 26 heavy (non-hydrogen) atoms. The molecule has 1 aromatic carbocycles. The second-order valence-electron chi connectivity index (χ2n) is 7.49. The lowest BCUT2D eigenvalue weighted by Gasteiger charge is -2.35. The number of hydrogen-bond donors (Lipinski definition) is 2. The van der Waals surface area contributed by atoms with E-state index in [4.69, 9.17) is 0 Å². The number of anilines is 1. The number of urea groups is 1. The molecule has 1 aliphatic heterocycles. The van der Waals surface area contributed by atoms with E-state index in [1.807, 2.05) is 25.7 Å². The van der Waals surface area contributed by atoms with E-state index < -0.39 is 5.97 Å².